The van der Waals surface area contributed by atoms with E-state index in [0.29, 0.717) is 25.4 Å². The highest BCUT2D eigenvalue weighted by Gasteiger charge is 2.36. The first kappa shape index (κ1) is 20.6. The fraction of sp³-hybridized carbons (Fsp3) is 0.417. The number of ketones is 1. The smallest absolute Gasteiger partial charge is 0.352 e. The van der Waals surface area contributed by atoms with Gasteiger partial charge >= 0.3 is 5.69 Å². The molecule has 2 unspecified atom stereocenters. The van der Waals surface area contributed by atoms with E-state index < -0.39 is 0 Å². The van der Waals surface area contributed by atoms with E-state index in [1.54, 1.807) is 23.0 Å². The standard InChI is InChI=1S/C24H24N4O4S/c1-31-16-7-5-14(6-8-16)11-27-23-19(22-25-13-26-28(22)24(27)30)17-3-2-4-18(21(17)33-23)20(29)15-9-10-32-12-15/h5-8,13,15,18H,2-4,9-12H2,1H3. The lowest BCUT2D eigenvalue weighted by atomic mass is 9.81. The second-order valence-electron chi connectivity index (χ2n) is 8.74. The molecule has 0 spiro atoms. The van der Waals surface area contributed by atoms with Crippen LogP contribution in [0.15, 0.2) is 35.4 Å². The molecule has 170 valence electrons. The number of aromatic nitrogens is 4. The summed E-state index contributed by atoms with van der Waals surface area (Å²) in [6, 6.07) is 7.71. The number of benzene rings is 1. The second kappa shape index (κ2) is 8.07. The van der Waals surface area contributed by atoms with Crippen LogP contribution in [-0.4, -0.2) is 45.3 Å². The third-order valence-electron chi connectivity index (χ3n) is 6.86. The van der Waals surface area contributed by atoms with E-state index in [1.807, 2.05) is 24.3 Å². The van der Waals surface area contributed by atoms with Gasteiger partial charge in [0, 0.05) is 17.4 Å². The van der Waals surface area contributed by atoms with Crippen LogP contribution in [0, 0.1) is 5.92 Å². The molecule has 3 aromatic heterocycles. The fourth-order valence-corrected chi connectivity index (χ4v) is 6.64. The third-order valence-corrected chi connectivity index (χ3v) is 8.23. The van der Waals surface area contributed by atoms with Gasteiger partial charge < -0.3 is 9.47 Å². The lowest BCUT2D eigenvalue weighted by Gasteiger charge is -2.23. The van der Waals surface area contributed by atoms with Crippen LogP contribution in [0.25, 0.3) is 15.9 Å². The minimum absolute atomic E-state index is 0.0271. The number of hydrogen-bond donors (Lipinski definition) is 0. The Morgan fingerprint density at radius 1 is 1.27 bits per heavy atom. The quantitative estimate of drug-likeness (QED) is 0.451. The lowest BCUT2D eigenvalue weighted by Crippen LogP contribution is -2.28. The number of carbonyl (C=O) groups is 1. The van der Waals surface area contributed by atoms with Crippen molar-refractivity contribution in [1.29, 1.82) is 0 Å². The van der Waals surface area contributed by atoms with Crippen LogP contribution >= 0.6 is 11.3 Å². The molecule has 1 aliphatic carbocycles. The topological polar surface area (TPSA) is 87.7 Å². The predicted molar refractivity (Wildman–Crippen MR) is 124 cm³/mol. The summed E-state index contributed by atoms with van der Waals surface area (Å²) < 4.78 is 13.9. The summed E-state index contributed by atoms with van der Waals surface area (Å²) in [5, 5.41) is 5.18. The molecular weight excluding hydrogens is 440 g/mol. The maximum Gasteiger partial charge on any atom is 0.352 e. The number of rotatable bonds is 5. The van der Waals surface area contributed by atoms with Gasteiger partial charge in [-0.2, -0.15) is 9.61 Å². The molecule has 0 bridgehead atoms. The fourth-order valence-electron chi connectivity index (χ4n) is 5.15. The second-order valence-corrected chi connectivity index (χ2v) is 9.78. The molecular formula is C24H24N4O4S. The Hall–Kier alpha value is -3.04. The number of nitrogens with zero attached hydrogens (tertiary/aromatic N) is 4. The number of methoxy groups -OCH3 is 1. The number of carbonyl (C=O) groups excluding carboxylic acids is 1. The van der Waals surface area contributed by atoms with Crippen LogP contribution in [0.3, 0.4) is 0 Å². The van der Waals surface area contributed by atoms with Crippen LogP contribution in [0.4, 0.5) is 0 Å². The molecule has 8 nitrogen and oxygen atoms in total. The van der Waals surface area contributed by atoms with Gasteiger partial charge in [0.05, 0.1) is 31.6 Å². The van der Waals surface area contributed by atoms with Crippen molar-refractivity contribution in [3.63, 3.8) is 0 Å². The molecule has 0 radical (unpaired) electrons. The van der Waals surface area contributed by atoms with E-state index >= 15 is 0 Å². The molecule has 1 aromatic carbocycles. The number of hydrogen-bond acceptors (Lipinski definition) is 7. The molecule has 2 atom stereocenters. The SMILES string of the molecule is COc1ccc(Cn2c(=O)n3ncnc3c3c4c(sc32)C(C(=O)C2CCOC2)CCC4)cc1. The molecule has 0 saturated carbocycles. The van der Waals surface area contributed by atoms with Gasteiger partial charge in [0.15, 0.2) is 5.65 Å². The highest BCUT2D eigenvalue weighted by atomic mass is 32.1. The zero-order valence-corrected chi connectivity index (χ0v) is 19.1. The lowest BCUT2D eigenvalue weighted by molar-refractivity contribution is -0.124. The summed E-state index contributed by atoms with van der Waals surface area (Å²) in [6.07, 6.45) is 4.90. The van der Waals surface area contributed by atoms with Crippen LogP contribution in [0.2, 0.25) is 0 Å². The molecule has 1 saturated heterocycles. The maximum atomic E-state index is 13.4. The first-order chi connectivity index (χ1) is 16.2. The van der Waals surface area contributed by atoms with Gasteiger partial charge in [-0.3, -0.25) is 9.36 Å². The van der Waals surface area contributed by atoms with Gasteiger partial charge in [0.25, 0.3) is 0 Å². The average Bonchev–Trinajstić information content (AvgIpc) is 3.60. The van der Waals surface area contributed by atoms with Gasteiger partial charge in [0.2, 0.25) is 0 Å². The number of Topliss-reactive ketones (excluding diaryl/α,β-unsaturated/α-hetero) is 1. The first-order valence-corrected chi connectivity index (χ1v) is 12.1. The van der Waals surface area contributed by atoms with Crippen LogP contribution in [0.5, 0.6) is 5.75 Å². The Kier molecular flexibility index (Phi) is 5.03. The maximum absolute atomic E-state index is 13.4. The Bertz CT molecular complexity index is 1410. The molecule has 4 heterocycles. The van der Waals surface area contributed by atoms with Gasteiger partial charge in [-0.25, -0.2) is 9.78 Å². The summed E-state index contributed by atoms with van der Waals surface area (Å²) in [5.41, 5.74) is 2.49. The molecule has 9 heteroatoms. The summed E-state index contributed by atoms with van der Waals surface area (Å²) >= 11 is 1.58. The van der Waals surface area contributed by atoms with E-state index in [1.165, 1.54) is 10.8 Å². The minimum atomic E-state index is -0.225. The molecule has 0 N–H and O–H groups in total. The van der Waals surface area contributed by atoms with E-state index in [9.17, 15) is 9.59 Å². The molecule has 1 fully saturated rings. The van der Waals surface area contributed by atoms with E-state index in [-0.39, 0.29) is 23.3 Å². The van der Waals surface area contributed by atoms with Crippen molar-refractivity contribution in [3.05, 3.63) is 57.1 Å². The van der Waals surface area contributed by atoms with Crippen LogP contribution < -0.4 is 10.4 Å². The van der Waals surface area contributed by atoms with Crippen LogP contribution in [0.1, 0.15) is 41.2 Å². The first-order valence-electron chi connectivity index (χ1n) is 11.3. The minimum Gasteiger partial charge on any atom is -0.497 e. The summed E-state index contributed by atoms with van der Waals surface area (Å²) in [4.78, 5) is 33.1. The van der Waals surface area contributed by atoms with Crippen molar-refractivity contribution in [2.75, 3.05) is 20.3 Å². The number of aryl methyl sites for hydroxylation is 1. The predicted octanol–water partition coefficient (Wildman–Crippen LogP) is 3.19. The molecule has 33 heavy (non-hydrogen) atoms. The van der Waals surface area contributed by atoms with Crippen molar-refractivity contribution in [3.8, 4) is 5.75 Å². The highest BCUT2D eigenvalue weighted by Crippen LogP contribution is 2.44. The summed E-state index contributed by atoms with van der Waals surface area (Å²) in [7, 11) is 1.63. The summed E-state index contributed by atoms with van der Waals surface area (Å²) in [6.45, 7) is 1.58. The molecule has 4 aromatic rings. The van der Waals surface area contributed by atoms with Crippen molar-refractivity contribution in [1.82, 2.24) is 19.2 Å². The highest BCUT2D eigenvalue weighted by molar-refractivity contribution is 7.19. The largest absolute Gasteiger partial charge is 0.497 e. The zero-order chi connectivity index (χ0) is 22.5. The number of thiophene rings is 1. The van der Waals surface area contributed by atoms with Crippen molar-refractivity contribution in [2.45, 2.75) is 38.1 Å². The Morgan fingerprint density at radius 3 is 2.88 bits per heavy atom. The number of fused-ring (bicyclic) bond motifs is 5. The van der Waals surface area contributed by atoms with Gasteiger partial charge in [-0.05, 0) is 48.9 Å². The van der Waals surface area contributed by atoms with Crippen molar-refractivity contribution >= 4 is 33.0 Å². The molecule has 2 aliphatic rings. The van der Waals surface area contributed by atoms with Gasteiger partial charge in [-0.15, -0.1) is 11.3 Å². The van der Waals surface area contributed by atoms with E-state index in [2.05, 4.69) is 10.1 Å². The molecule has 6 rings (SSSR count). The normalized spacial score (nSPS) is 20.4. The van der Waals surface area contributed by atoms with E-state index in [4.69, 9.17) is 9.47 Å². The molecule has 0 amide bonds. The Morgan fingerprint density at radius 2 is 2.12 bits per heavy atom. The Labute approximate surface area is 193 Å². The average molecular weight is 465 g/mol. The zero-order valence-electron chi connectivity index (χ0n) is 18.3. The molecule has 1 aliphatic heterocycles. The summed E-state index contributed by atoms with van der Waals surface area (Å²) in [5.74, 6) is 0.888. The monoisotopic (exact) mass is 464 g/mol. The van der Waals surface area contributed by atoms with Crippen molar-refractivity contribution in [2.24, 2.45) is 5.92 Å². The van der Waals surface area contributed by atoms with Gasteiger partial charge in [-0.1, -0.05) is 12.1 Å². The van der Waals surface area contributed by atoms with Crippen molar-refractivity contribution < 1.29 is 14.3 Å². The van der Waals surface area contributed by atoms with E-state index in [0.717, 1.165) is 57.7 Å². The Balaban J connectivity index is 1.52. The number of ether oxygens (including phenoxy) is 2. The third kappa shape index (κ3) is 3.29. The van der Waals surface area contributed by atoms with Crippen LogP contribution in [-0.2, 0) is 22.5 Å². The van der Waals surface area contributed by atoms with Gasteiger partial charge in [0.1, 0.15) is 22.7 Å².